The van der Waals surface area contributed by atoms with Crippen LogP contribution < -0.4 is 11.5 Å². The Morgan fingerprint density at radius 3 is 2.62 bits per heavy atom. The molecule has 1 rings (SSSR count). The first-order valence-electron chi connectivity index (χ1n) is 5.06. The number of hydrogen-bond acceptors (Lipinski definition) is 2. The average molecular weight is 267 g/mol. The van der Waals surface area contributed by atoms with Gasteiger partial charge in [0, 0.05) is 11.6 Å². The summed E-state index contributed by atoms with van der Waals surface area (Å²) in [6.45, 7) is 0.644. The summed E-state index contributed by atoms with van der Waals surface area (Å²) < 4.78 is 13.5. The van der Waals surface area contributed by atoms with E-state index < -0.39 is 5.82 Å². The van der Waals surface area contributed by atoms with E-state index in [1.54, 1.807) is 12.1 Å². The Balaban J connectivity index is 0.00000225. The molecule has 0 saturated heterocycles. The van der Waals surface area contributed by atoms with Crippen molar-refractivity contribution in [3.63, 3.8) is 0 Å². The lowest BCUT2D eigenvalue weighted by Gasteiger charge is -2.13. The van der Waals surface area contributed by atoms with Gasteiger partial charge in [0.05, 0.1) is 5.02 Å². The summed E-state index contributed by atoms with van der Waals surface area (Å²) in [6.07, 6.45) is 2.55. The highest BCUT2D eigenvalue weighted by atomic mass is 35.5. The first-order valence-corrected chi connectivity index (χ1v) is 5.44. The summed E-state index contributed by atoms with van der Waals surface area (Å²) in [7, 11) is 0. The zero-order chi connectivity index (χ0) is 11.3. The largest absolute Gasteiger partial charge is 0.330 e. The van der Waals surface area contributed by atoms with Gasteiger partial charge < -0.3 is 11.5 Å². The minimum Gasteiger partial charge on any atom is -0.330 e. The van der Waals surface area contributed by atoms with E-state index >= 15 is 0 Å². The number of benzene rings is 1. The number of unbranched alkanes of at least 4 members (excludes halogenated alkanes) is 1. The Kier molecular flexibility index (Phi) is 7.68. The summed E-state index contributed by atoms with van der Waals surface area (Å²) in [5.41, 5.74) is 11.7. The van der Waals surface area contributed by atoms with E-state index in [0.717, 1.165) is 19.3 Å². The zero-order valence-electron chi connectivity index (χ0n) is 8.96. The highest BCUT2D eigenvalue weighted by molar-refractivity contribution is 6.30. The minimum atomic E-state index is -0.403. The molecule has 1 atom stereocenters. The molecule has 1 aromatic carbocycles. The molecule has 0 aliphatic heterocycles. The fourth-order valence-corrected chi connectivity index (χ4v) is 1.65. The predicted molar refractivity (Wildman–Crippen MR) is 68.5 cm³/mol. The van der Waals surface area contributed by atoms with Gasteiger partial charge in [-0.15, -0.1) is 12.4 Å². The SMILES string of the molecule is Cl.NCCCC[C@H](N)c1cccc(Cl)c1F. The number of rotatable bonds is 5. The molecule has 0 bridgehead atoms. The molecular formula is C11H17Cl2FN2. The van der Waals surface area contributed by atoms with E-state index in [1.165, 1.54) is 6.07 Å². The van der Waals surface area contributed by atoms with Gasteiger partial charge in [-0.25, -0.2) is 4.39 Å². The van der Waals surface area contributed by atoms with Crippen LogP contribution in [0.1, 0.15) is 30.9 Å². The Bertz CT molecular complexity index is 321. The fourth-order valence-electron chi connectivity index (χ4n) is 1.47. The molecule has 0 unspecified atom stereocenters. The van der Waals surface area contributed by atoms with Crippen molar-refractivity contribution in [2.75, 3.05) is 6.54 Å². The summed E-state index contributed by atoms with van der Waals surface area (Å²) in [5.74, 6) is -0.403. The molecule has 0 radical (unpaired) electrons. The van der Waals surface area contributed by atoms with Gasteiger partial charge in [-0.2, -0.15) is 0 Å². The van der Waals surface area contributed by atoms with E-state index in [2.05, 4.69) is 0 Å². The molecule has 0 amide bonds. The summed E-state index contributed by atoms with van der Waals surface area (Å²) in [5, 5.41) is 0.127. The topological polar surface area (TPSA) is 52.0 Å². The zero-order valence-corrected chi connectivity index (χ0v) is 10.5. The predicted octanol–water partition coefficient (Wildman–Crippen LogP) is 3.03. The van der Waals surface area contributed by atoms with Crippen LogP contribution in [0.2, 0.25) is 5.02 Å². The third-order valence-electron chi connectivity index (χ3n) is 2.35. The van der Waals surface area contributed by atoms with E-state index in [0.29, 0.717) is 12.1 Å². The standard InChI is InChI=1S/C11H16ClFN2.ClH/c12-9-5-3-4-8(11(9)13)10(15)6-1-2-7-14;/h3-5,10H,1-2,6-7,14-15H2;1H/t10-;/m0./s1. The van der Waals surface area contributed by atoms with Crippen molar-refractivity contribution in [2.24, 2.45) is 11.5 Å². The van der Waals surface area contributed by atoms with Gasteiger partial charge in [-0.05, 0) is 25.5 Å². The maximum atomic E-state index is 13.5. The van der Waals surface area contributed by atoms with Crippen LogP contribution in [0, 0.1) is 5.82 Å². The van der Waals surface area contributed by atoms with E-state index in [1.807, 2.05) is 0 Å². The van der Waals surface area contributed by atoms with Gasteiger partial charge in [-0.3, -0.25) is 0 Å². The van der Waals surface area contributed by atoms with E-state index in [9.17, 15) is 4.39 Å². The van der Waals surface area contributed by atoms with Crippen molar-refractivity contribution in [3.8, 4) is 0 Å². The molecule has 0 aliphatic carbocycles. The minimum absolute atomic E-state index is 0. The fraction of sp³-hybridized carbons (Fsp3) is 0.455. The number of hydrogen-bond donors (Lipinski definition) is 2. The lowest BCUT2D eigenvalue weighted by Crippen LogP contribution is -2.13. The van der Waals surface area contributed by atoms with Gasteiger partial charge in [0.1, 0.15) is 5.82 Å². The highest BCUT2D eigenvalue weighted by Crippen LogP contribution is 2.24. The maximum absolute atomic E-state index is 13.5. The van der Waals surface area contributed by atoms with E-state index in [4.69, 9.17) is 23.1 Å². The Hall–Kier alpha value is -0.350. The molecule has 0 aromatic heterocycles. The van der Waals surface area contributed by atoms with Gasteiger partial charge in [0.2, 0.25) is 0 Å². The van der Waals surface area contributed by atoms with Crippen LogP contribution >= 0.6 is 24.0 Å². The normalized spacial score (nSPS) is 12.0. The van der Waals surface area contributed by atoms with Crippen LogP contribution in [-0.4, -0.2) is 6.54 Å². The molecule has 92 valence electrons. The molecular weight excluding hydrogens is 250 g/mol. The Morgan fingerprint density at radius 2 is 2.00 bits per heavy atom. The lowest BCUT2D eigenvalue weighted by molar-refractivity contribution is 0.543. The molecule has 2 nitrogen and oxygen atoms in total. The van der Waals surface area contributed by atoms with Gasteiger partial charge in [0.25, 0.3) is 0 Å². The summed E-state index contributed by atoms with van der Waals surface area (Å²) >= 11 is 5.67. The van der Waals surface area contributed by atoms with Crippen molar-refractivity contribution in [1.29, 1.82) is 0 Å². The Morgan fingerprint density at radius 1 is 1.31 bits per heavy atom. The summed E-state index contributed by atoms with van der Waals surface area (Å²) in [4.78, 5) is 0. The molecule has 16 heavy (non-hydrogen) atoms. The first kappa shape index (κ1) is 15.7. The third-order valence-corrected chi connectivity index (χ3v) is 2.64. The second-order valence-electron chi connectivity index (χ2n) is 3.53. The average Bonchev–Trinajstić information content (AvgIpc) is 2.22. The highest BCUT2D eigenvalue weighted by Gasteiger charge is 2.12. The van der Waals surface area contributed by atoms with Crippen LogP contribution in [0.25, 0.3) is 0 Å². The van der Waals surface area contributed by atoms with Gasteiger partial charge in [-0.1, -0.05) is 30.2 Å². The molecule has 0 heterocycles. The quantitative estimate of drug-likeness (QED) is 0.806. The number of halogens is 3. The summed E-state index contributed by atoms with van der Waals surface area (Å²) in [6, 6.07) is 4.61. The van der Waals surface area contributed by atoms with Crippen LogP contribution in [0.3, 0.4) is 0 Å². The Labute approximate surface area is 107 Å². The van der Waals surface area contributed by atoms with Crippen LogP contribution in [-0.2, 0) is 0 Å². The van der Waals surface area contributed by atoms with Crippen molar-refractivity contribution in [2.45, 2.75) is 25.3 Å². The molecule has 4 N–H and O–H groups in total. The van der Waals surface area contributed by atoms with Crippen molar-refractivity contribution in [1.82, 2.24) is 0 Å². The van der Waals surface area contributed by atoms with Crippen molar-refractivity contribution in [3.05, 3.63) is 34.6 Å². The second kappa shape index (κ2) is 7.85. The smallest absolute Gasteiger partial charge is 0.146 e. The second-order valence-corrected chi connectivity index (χ2v) is 3.94. The third kappa shape index (κ3) is 4.26. The molecule has 0 saturated carbocycles. The monoisotopic (exact) mass is 266 g/mol. The molecule has 1 aromatic rings. The van der Waals surface area contributed by atoms with Gasteiger partial charge in [0.15, 0.2) is 0 Å². The molecule has 0 spiro atoms. The van der Waals surface area contributed by atoms with Crippen LogP contribution in [0.15, 0.2) is 18.2 Å². The van der Waals surface area contributed by atoms with Crippen LogP contribution in [0.4, 0.5) is 4.39 Å². The van der Waals surface area contributed by atoms with Crippen molar-refractivity contribution < 1.29 is 4.39 Å². The molecule has 0 fully saturated rings. The van der Waals surface area contributed by atoms with E-state index in [-0.39, 0.29) is 23.5 Å². The maximum Gasteiger partial charge on any atom is 0.146 e. The van der Waals surface area contributed by atoms with Crippen LogP contribution in [0.5, 0.6) is 0 Å². The van der Waals surface area contributed by atoms with Gasteiger partial charge >= 0.3 is 0 Å². The molecule has 0 aliphatic rings. The molecule has 5 heteroatoms. The van der Waals surface area contributed by atoms with Crippen molar-refractivity contribution >= 4 is 24.0 Å². The number of nitrogens with two attached hydrogens (primary N) is 2. The lowest BCUT2D eigenvalue weighted by atomic mass is 10.0. The first-order chi connectivity index (χ1) is 7.16.